The fourth-order valence-corrected chi connectivity index (χ4v) is 1.47. The lowest BCUT2D eigenvalue weighted by Crippen LogP contribution is -2.39. The van der Waals surface area contributed by atoms with Gasteiger partial charge in [-0.2, -0.15) is 0 Å². The van der Waals surface area contributed by atoms with Crippen molar-refractivity contribution in [3.8, 4) is 0 Å². The Balaban J connectivity index is 4.33. The Morgan fingerprint density at radius 1 is 1.57 bits per heavy atom. The summed E-state index contributed by atoms with van der Waals surface area (Å²) in [5.74, 6) is 0.494. The number of alkyl halides is 1. The first kappa shape index (κ1) is 13.7. The van der Waals surface area contributed by atoms with Crippen LogP contribution in [0.4, 0.5) is 0 Å². The quantitative estimate of drug-likeness (QED) is 0.532. The topological polar surface area (TPSA) is 20.3 Å². The van der Waals surface area contributed by atoms with Crippen molar-refractivity contribution in [2.45, 2.75) is 32.0 Å². The Kier molecular flexibility index (Phi) is 6.89. The van der Waals surface area contributed by atoms with Crippen LogP contribution in [0.15, 0.2) is 12.7 Å². The second kappa shape index (κ2) is 7.04. The van der Waals surface area contributed by atoms with E-state index in [1.807, 2.05) is 18.7 Å². The number of carbonyl (C=O) groups is 1. The third-order valence-electron chi connectivity index (χ3n) is 1.98. The molecule has 0 aromatic rings. The first-order valence-corrected chi connectivity index (χ1v) is 5.99. The number of carbonyl (C=O) groups excluding carboxylic acids is 1. The maximum Gasteiger partial charge on any atom is 0.236 e. The molecule has 1 amide bonds. The molecule has 14 heavy (non-hydrogen) atoms. The second-order valence-corrected chi connectivity index (χ2v) is 4.71. The first-order valence-electron chi connectivity index (χ1n) is 5.08. The van der Waals surface area contributed by atoms with Crippen molar-refractivity contribution in [2.75, 3.05) is 13.1 Å². The largest absolute Gasteiger partial charge is 0.338 e. The number of nitrogens with zero attached hydrogens (tertiary/aromatic N) is 1. The first-order chi connectivity index (χ1) is 6.54. The van der Waals surface area contributed by atoms with Gasteiger partial charge in [0.25, 0.3) is 0 Å². The van der Waals surface area contributed by atoms with Gasteiger partial charge in [0.2, 0.25) is 5.91 Å². The summed E-state index contributed by atoms with van der Waals surface area (Å²) in [6, 6.07) is 0. The molecule has 0 saturated carbocycles. The van der Waals surface area contributed by atoms with Gasteiger partial charge in [-0.05, 0) is 12.3 Å². The zero-order valence-corrected chi connectivity index (χ0v) is 10.9. The molecular weight excluding hydrogens is 242 g/mol. The van der Waals surface area contributed by atoms with Gasteiger partial charge in [0.15, 0.2) is 0 Å². The molecule has 0 rings (SSSR count). The predicted octanol–water partition coefficient (Wildman–Crippen LogP) is 2.83. The lowest BCUT2D eigenvalue weighted by atomic mass is 10.1. The van der Waals surface area contributed by atoms with Crippen LogP contribution in [0.25, 0.3) is 0 Å². The zero-order chi connectivity index (χ0) is 11.1. The summed E-state index contributed by atoms with van der Waals surface area (Å²) >= 11 is 3.42. The Bertz CT molecular complexity index is 192. The maximum atomic E-state index is 11.9. The SMILES string of the molecule is C=CCN(CCC)C(=O)C(Br)C(C)C. The summed E-state index contributed by atoms with van der Waals surface area (Å²) in [5, 5.41) is 0. The Labute approximate surface area is 95.5 Å². The molecule has 0 aliphatic carbocycles. The smallest absolute Gasteiger partial charge is 0.236 e. The van der Waals surface area contributed by atoms with Crippen LogP contribution in [0.3, 0.4) is 0 Å². The van der Waals surface area contributed by atoms with Crippen LogP contribution in [0.1, 0.15) is 27.2 Å². The van der Waals surface area contributed by atoms with Gasteiger partial charge >= 0.3 is 0 Å². The van der Waals surface area contributed by atoms with Gasteiger partial charge in [0.1, 0.15) is 0 Å². The van der Waals surface area contributed by atoms with E-state index in [-0.39, 0.29) is 10.7 Å². The van der Waals surface area contributed by atoms with Gasteiger partial charge in [0, 0.05) is 13.1 Å². The van der Waals surface area contributed by atoms with Crippen molar-refractivity contribution in [1.29, 1.82) is 0 Å². The molecule has 1 unspecified atom stereocenters. The third-order valence-corrected chi connectivity index (χ3v) is 3.42. The van der Waals surface area contributed by atoms with Crippen molar-refractivity contribution in [2.24, 2.45) is 5.92 Å². The molecule has 0 spiro atoms. The minimum Gasteiger partial charge on any atom is -0.338 e. The minimum absolute atomic E-state index is 0.0750. The van der Waals surface area contributed by atoms with E-state index in [0.29, 0.717) is 12.5 Å². The summed E-state index contributed by atoms with van der Waals surface area (Å²) in [7, 11) is 0. The zero-order valence-electron chi connectivity index (χ0n) is 9.29. The molecule has 0 fully saturated rings. The highest BCUT2D eigenvalue weighted by molar-refractivity contribution is 9.10. The molecule has 3 heteroatoms. The molecule has 1 atom stereocenters. The van der Waals surface area contributed by atoms with Crippen LogP contribution in [-0.4, -0.2) is 28.7 Å². The van der Waals surface area contributed by atoms with Gasteiger partial charge in [-0.25, -0.2) is 0 Å². The van der Waals surface area contributed by atoms with Gasteiger partial charge < -0.3 is 4.90 Å². The molecule has 82 valence electrons. The van der Waals surface area contributed by atoms with Crippen LogP contribution in [-0.2, 0) is 4.79 Å². The van der Waals surface area contributed by atoms with Gasteiger partial charge in [-0.1, -0.05) is 42.8 Å². The maximum absolute atomic E-state index is 11.9. The normalized spacial score (nSPS) is 12.6. The molecule has 0 aliphatic heterocycles. The summed E-state index contributed by atoms with van der Waals surface area (Å²) in [6.07, 6.45) is 2.75. The van der Waals surface area contributed by atoms with E-state index in [1.165, 1.54) is 0 Å². The van der Waals surface area contributed by atoms with Crippen LogP contribution in [0, 0.1) is 5.92 Å². The van der Waals surface area contributed by atoms with E-state index in [0.717, 1.165) is 13.0 Å². The molecule has 0 aromatic heterocycles. The van der Waals surface area contributed by atoms with Crippen molar-refractivity contribution in [3.05, 3.63) is 12.7 Å². The number of hydrogen-bond donors (Lipinski definition) is 0. The predicted molar refractivity (Wildman–Crippen MR) is 64.6 cm³/mol. The highest BCUT2D eigenvalue weighted by atomic mass is 79.9. The van der Waals surface area contributed by atoms with Gasteiger partial charge in [0.05, 0.1) is 4.83 Å². The third kappa shape index (κ3) is 4.27. The molecule has 2 nitrogen and oxygen atoms in total. The summed E-state index contributed by atoms with van der Waals surface area (Å²) in [6.45, 7) is 11.3. The van der Waals surface area contributed by atoms with E-state index >= 15 is 0 Å². The van der Waals surface area contributed by atoms with Crippen LogP contribution < -0.4 is 0 Å². The lowest BCUT2D eigenvalue weighted by Gasteiger charge is -2.24. The summed E-state index contributed by atoms with van der Waals surface area (Å²) in [5.41, 5.74) is 0. The van der Waals surface area contributed by atoms with Crippen LogP contribution in [0.5, 0.6) is 0 Å². The second-order valence-electron chi connectivity index (χ2n) is 3.72. The van der Waals surface area contributed by atoms with E-state index in [4.69, 9.17) is 0 Å². The lowest BCUT2D eigenvalue weighted by molar-refractivity contribution is -0.130. The molecular formula is C11H20BrNO. The molecule has 0 bridgehead atoms. The Morgan fingerprint density at radius 3 is 2.50 bits per heavy atom. The Morgan fingerprint density at radius 2 is 2.14 bits per heavy atom. The van der Waals surface area contributed by atoms with E-state index in [1.54, 1.807) is 6.08 Å². The molecule has 0 N–H and O–H groups in total. The standard InChI is InChI=1S/C11H20BrNO/c1-5-7-13(8-6-2)11(14)10(12)9(3)4/h5,9-10H,1,6-8H2,2-4H3. The average molecular weight is 262 g/mol. The highest BCUT2D eigenvalue weighted by Gasteiger charge is 2.23. The molecule has 0 aromatic carbocycles. The van der Waals surface area contributed by atoms with E-state index in [9.17, 15) is 4.79 Å². The molecule has 0 saturated heterocycles. The Hall–Kier alpha value is -0.310. The number of hydrogen-bond acceptors (Lipinski definition) is 1. The van der Waals surface area contributed by atoms with Crippen molar-refractivity contribution >= 4 is 21.8 Å². The van der Waals surface area contributed by atoms with E-state index in [2.05, 4.69) is 29.4 Å². The molecule has 0 heterocycles. The van der Waals surface area contributed by atoms with Gasteiger partial charge in [-0.15, -0.1) is 6.58 Å². The summed E-state index contributed by atoms with van der Waals surface area (Å²) in [4.78, 5) is 13.7. The minimum atomic E-state index is -0.0750. The molecule has 0 aliphatic rings. The number of amides is 1. The fourth-order valence-electron chi connectivity index (χ4n) is 1.18. The number of halogens is 1. The van der Waals surface area contributed by atoms with Gasteiger partial charge in [-0.3, -0.25) is 4.79 Å². The van der Waals surface area contributed by atoms with Crippen molar-refractivity contribution in [3.63, 3.8) is 0 Å². The molecule has 0 radical (unpaired) electrons. The van der Waals surface area contributed by atoms with Crippen molar-refractivity contribution in [1.82, 2.24) is 4.90 Å². The number of rotatable bonds is 6. The van der Waals surface area contributed by atoms with Crippen LogP contribution >= 0.6 is 15.9 Å². The van der Waals surface area contributed by atoms with Crippen LogP contribution in [0.2, 0.25) is 0 Å². The monoisotopic (exact) mass is 261 g/mol. The van der Waals surface area contributed by atoms with E-state index < -0.39 is 0 Å². The highest BCUT2D eigenvalue weighted by Crippen LogP contribution is 2.15. The summed E-state index contributed by atoms with van der Waals surface area (Å²) < 4.78 is 0. The fraction of sp³-hybridized carbons (Fsp3) is 0.727. The van der Waals surface area contributed by atoms with Crippen molar-refractivity contribution < 1.29 is 4.79 Å². The average Bonchev–Trinajstić information content (AvgIpc) is 2.15.